The van der Waals surface area contributed by atoms with Crippen LogP contribution < -0.4 is 10.6 Å². The molecule has 0 fully saturated rings. The Labute approximate surface area is 157 Å². The minimum atomic E-state index is -0.521. The molecule has 2 amide bonds. The smallest absolute Gasteiger partial charge is 0.230 e. The third kappa shape index (κ3) is 6.72. The monoisotopic (exact) mass is 370 g/mol. The fraction of sp³-hybridized carbons (Fsp3) is 0.250. The molecule has 5 nitrogen and oxygen atoms in total. The summed E-state index contributed by atoms with van der Waals surface area (Å²) in [5.74, 6) is -0.152. The molecule has 0 unspecified atom stereocenters. The van der Waals surface area contributed by atoms with Gasteiger partial charge in [0, 0.05) is 17.5 Å². The van der Waals surface area contributed by atoms with Crippen LogP contribution >= 0.6 is 11.8 Å². The third-order valence-corrected chi connectivity index (χ3v) is 4.67. The summed E-state index contributed by atoms with van der Waals surface area (Å²) in [4.78, 5) is 35.9. The Hall–Kier alpha value is -2.60. The Morgan fingerprint density at radius 2 is 1.62 bits per heavy atom. The van der Waals surface area contributed by atoms with E-state index in [4.69, 9.17) is 0 Å². The lowest BCUT2D eigenvalue weighted by atomic mass is 10.0. The maximum absolute atomic E-state index is 12.2. The van der Waals surface area contributed by atoms with E-state index in [1.807, 2.05) is 42.5 Å². The van der Waals surface area contributed by atoms with Gasteiger partial charge in [-0.3, -0.25) is 14.4 Å². The van der Waals surface area contributed by atoms with E-state index >= 15 is 0 Å². The highest BCUT2D eigenvalue weighted by atomic mass is 32.2. The Kier molecular flexibility index (Phi) is 7.41. The van der Waals surface area contributed by atoms with E-state index in [2.05, 4.69) is 10.6 Å². The van der Waals surface area contributed by atoms with Gasteiger partial charge in [0.1, 0.15) is 0 Å². The van der Waals surface area contributed by atoms with Gasteiger partial charge in [-0.05, 0) is 43.2 Å². The Balaban J connectivity index is 1.86. The average Bonchev–Trinajstić information content (AvgIpc) is 2.61. The molecule has 26 heavy (non-hydrogen) atoms. The highest BCUT2D eigenvalue weighted by Crippen LogP contribution is 2.20. The summed E-state index contributed by atoms with van der Waals surface area (Å²) in [6, 6.07) is 16.4. The van der Waals surface area contributed by atoms with Crippen LogP contribution in [-0.2, 0) is 20.8 Å². The molecule has 0 aliphatic rings. The van der Waals surface area contributed by atoms with Crippen molar-refractivity contribution in [2.24, 2.45) is 0 Å². The zero-order chi connectivity index (χ0) is 18.9. The first-order chi connectivity index (χ1) is 12.4. The molecule has 0 aromatic heterocycles. The first kappa shape index (κ1) is 19.7. The molecular formula is C20H22N2O3S. The SMILES string of the molecule is CC(=O)Nc1ccc(SCC(=O)N[C@@H](Cc2ccccc2)C(C)=O)cc1. The molecule has 2 aromatic carbocycles. The van der Waals surface area contributed by atoms with Gasteiger partial charge in [0.25, 0.3) is 0 Å². The second kappa shape index (κ2) is 9.77. The quantitative estimate of drug-likeness (QED) is 0.701. The average molecular weight is 370 g/mol. The van der Waals surface area contributed by atoms with E-state index in [9.17, 15) is 14.4 Å². The number of hydrogen-bond acceptors (Lipinski definition) is 4. The summed E-state index contributed by atoms with van der Waals surface area (Å²) in [6.07, 6.45) is 0.484. The zero-order valence-corrected chi connectivity index (χ0v) is 15.6. The summed E-state index contributed by atoms with van der Waals surface area (Å²) in [5, 5.41) is 5.50. The molecule has 0 spiro atoms. The number of ketones is 1. The van der Waals surface area contributed by atoms with Gasteiger partial charge in [-0.25, -0.2) is 0 Å². The maximum atomic E-state index is 12.2. The zero-order valence-electron chi connectivity index (χ0n) is 14.8. The molecule has 0 saturated heterocycles. The van der Waals surface area contributed by atoms with Crippen LogP contribution in [0.15, 0.2) is 59.5 Å². The number of carbonyl (C=O) groups is 3. The standard InChI is InChI=1S/C20H22N2O3S/c1-14(23)19(12-16-6-4-3-5-7-16)22-20(25)13-26-18-10-8-17(9-11-18)21-15(2)24/h3-11,19H,12-13H2,1-2H3,(H,21,24)(H,22,25)/t19-/m0/s1. The topological polar surface area (TPSA) is 75.3 Å². The van der Waals surface area contributed by atoms with Crippen molar-refractivity contribution in [3.05, 3.63) is 60.2 Å². The number of anilines is 1. The maximum Gasteiger partial charge on any atom is 0.230 e. The molecule has 0 radical (unpaired) electrons. The number of nitrogens with one attached hydrogen (secondary N) is 2. The van der Waals surface area contributed by atoms with Crippen molar-refractivity contribution in [2.45, 2.75) is 31.2 Å². The second-order valence-corrected chi connectivity index (χ2v) is 6.96. The second-order valence-electron chi connectivity index (χ2n) is 5.91. The van der Waals surface area contributed by atoms with Gasteiger partial charge in [-0.2, -0.15) is 0 Å². The predicted octanol–water partition coefficient (Wildman–Crippen LogP) is 3.05. The minimum absolute atomic E-state index is 0.0631. The number of amides is 2. The first-order valence-corrected chi connectivity index (χ1v) is 9.27. The van der Waals surface area contributed by atoms with Gasteiger partial charge >= 0.3 is 0 Å². The summed E-state index contributed by atoms with van der Waals surface area (Å²) >= 11 is 1.38. The van der Waals surface area contributed by atoms with Crippen LogP contribution in [0.1, 0.15) is 19.4 Å². The molecule has 1 atom stereocenters. The minimum Gasteiger partial charge on any atom is -0.345 e. The van der Waals surface area contributed by atoms with Crippen LogP contribution in [-0.4, -0.2) is 29.4 Å². The fourth-order valence-electron chi connectivity index (χ4n) is 2.37. The van der Waals surface area contributed by atoms with Crippen LogP contribution in [0.3, 0.4) is 0 Å². The summed E-state index contributed by atoms with van der Waals surface area (Å²) in [5.41, 5.74) is 1.72. The van der Waals surface area contributed by atoms with E-state index in [0.717, 1.165) is 10.5 Å². The van der Waals surface area contributed by atoms with Crippen LogP contribution in [0.25, 0.3) is 0 Å². The highest BCUT2D eigenvalue weighted by molar-refractivity contribution is 8.00. The van der Waals surface area contributed by atoms with Crippen molar-refractivity contribution in [3.63, 3.8) is 0 Å². The largest absolute Gasteiger partial charge is 0.345 e. The van der Waals surface area contributed by atoms with E-state index in [-0.39, 0.29) is 23.4 Å². The number of benzene rings is 2. The van der Waals surface area contributed by atoms with E-state index in [1.165, 1.54) is 25.6 Å². The Bertz CT molecular complexity index is 760. The van der Waals surface area contributed by atoms with Crippen molar-refractivity contribution in [2.75, 3.05) is 11.1 Å². The van der Waals surface area contributed by atoms with Gasteiger partial charge in [-0.15, -0.1) is 11.8 Å². The number of carbonyl (C=O) groups excluding carboxylic acids is 3. The molecule has 0 heterocycles. The number of thioether (sulfide) groups is 1. The molecule has 0 saturated carbocycles. The van der Waals surface area contributed by atoms with Gasteiger partial charge in [-0.1, -0.05) is 30.3 Å². The lowest BCUT2D eigenvalue weighted by Gasteiger charge is -2.16. The van der Waals surface area contributed by atoms with Gasteiger partial charge in [0.15, 0.2) is 5.78 Å². The molecule has 0 bridgehead atoms. The van der Waals surface area contributed by atoms with E-state index in [0.29, 0.717) is 12.1 Å². The fourth-order valence-corrected chi connectivity index (χ4v) is 3.08. The van der Waals surface area contributed by atoms with Crippen LogP contribution in [0.4, 0.5) is 5.69 Å². The lowest BCUT2D eigenvalue weighted by Crippen LogP contribution is -2.42. The van der Waals surface area contributed by atoms with Gasteiger partial charge in [0.05, 0.1) is 11.8 Å². The molecule has 2 rings (SSSR count). The molecule has 2 N–H and O–H groups in total. The number of hydrogen-bond donors (Lipinski definition) is 2. The molecular weight excluding hydrogens is 348 g/mol. The van der Waals surface area contributed by atoms with Crippen molar-refractivity contribution in [1.82, 2.24) is 5.32 Å². The van der Waals surface area contributed by atoms with Gasteiger partial charge < -0.3 is 10.6 Å². The van der Waals surface area contributed by atoms with Crippen molar-refractivity contribution in [3.8, 4) is 0 Å². The molecule has 0 aliphatic heterocycles. The van der Waals surface area contributed by atoms with E-state index in [1.54, 1.807) is 12.1 Å². The Morgan fingerprint density at radius 3 is 2.19 bits per heavy atom. The van der Waals surface area contributed by atoms with Crippen LogP contribution in [0, 0.1) is 0 Å². The van der Waals surface area contributed by atoms with Crippen molar-refractivity contribution in [1.29, 1.82) is 0 Å². The lowest BCUT2D eigenvalue weighted by molar-refractivity contribution is -0.125. The van der Waals surface area contributed by atoms with Crippen LogP contribution in [0.5, 0.6) is 0 Å². The number of rotatable bonds is 8. The van der Waals surface area contributed by atoms with E-state index < -0.39 is 6.04 Å². The summed E-state index contributed by atoms with van der Waals surface area (Å²) in [6.45, 7) is 2.94. The van der Waals surface area contributed by atoms with Crippen LogP contribution in [0.2, 0.25) is 0 Å². The summed E-state index contributed by atoms with van der Waals surface area (Å²) < 4.78 is 0. The molecule has 6 heteroatoms. The molecule has 0 aliphatic carbocycles. The first-order valence-electron chi connectivity index (χ1n) is 8.28. The predicted molar refractivity (Wildman–Crippen MR) is 104 cm³/mol. The Morgan fingerprint density at radius 1 is 0.962 bits per heavy atom. The van der Waals surface area contributed by atoms with Crippen molar-refractivity contribution < 1.29 is 14.4 Å². The highest BCUT2D eigenvalue weighted by Gasteiger charge is 2.17. The normalized spacial score (nSPS) is 11.5. The van der Waals surface area contributed by atoms with Gasteiger partial charge in [0.2, 0.25) is 11.8 Å². The number of Topliss-reactive ketones (excluding diaryl/α,β-unsaturated/α-hetero) is 1. The molecule has 136 valence electrons. The third-order valence-electron chi connectivity index (χ3n) is 3.65. The molecule has 2 aromatic rings. The van der Waals surface area contributed by atoms with Crippen molar-refractivity contribution >= 4 is 35.0 Å². The summed E-state index contributed by atoms with van der Waals surface area (Å²) in [7, 11) is 0.